The maximum Gasteiger partial charge on any atom is 0.320 e. The molecule has 8 heteroatoms. The van der Waals surface area contributed by atoms with Gasteiger partial charge in [-0.3, -0.25) is 14.5 Å². The van der Waals surface area contributed by atoms with Gasteiger partial charge in [0.2, 0.25) is 0 Å². The summed E-state index contributed by atoms with van der Waals surface area (Å²) in [5.41, 5.74) is 8.89. The molecule has 0 aromatic heterocycles. The van der Waals surface area contributed by atoms with Crippen LogP contribution in [-0.4, -0.2) is 48.7 Å². The lowest BCUT2D eigenvalue weighted by atomic mass is 10.1. The number of benzene rings is 3. The molecule has 0 aliphatic rings. The molecule has 4 N–H and O–H groups in total. The van der Waals surface area contributed by atoms with E-state index >= 15 is 0 Å². The number of carboxylic acid groups (broad SMARTS) is 1. The average molecular weight is 478 g/mol. The predicted molar refractivity (Wildman–Crippen MR) is 135 cm³/mol. The van der Waals surface area contributed by atoms with Gasteiger partial charge in [-0.2, -0.15) is 0 Å². The van der Waals surface area contributed by atoms with Crippen LogP contribution in [0, 0.1) is 0 Å². The number of para-hydroxylation sites is 1. The van der Waals surface area contributed by atoms with Gasteiger partial charge in [0.25, 0.3) is 5.91 Å². The zero-order valence-corrected chi connectivity index (χ0v) is 19.9. The lowest BCUT2D eigenvalue weighted by Gasteiger charge is -2.25. The summed E-state index contributed by atoms with van der Waals surface area (Å²) < 4.78 is 10.5. The van der Waals surface area contributed by atoms with Gasteiger partial charge in [0.1, 0.15) is 17.5 Å². The Morgan fingerprint density at radius 2 is 1.66 bits per heavy atom. The number of nitrogens with two attached hydrogens (primary N) is 1. The van der Waals surface area contributed by atoms with E-state index in [0.29, 0.717) is 43.1 Å². The summed E-state index contributed by atoms with van der Waals surface area (Å²) in [7, 11) is 3.17. The molecule has 35 heavy (non-hydrogen) atoms. The van der Waals surface area contributed by atoms with E-state index < -0.39 is 12.0 Å². The van der Waals surface area contributed by atoms with E-state index in [1.54, 1.807) is 38.5 Å². The molecule has 0 unspecified atom stereocenters. The third-order valence-corrected chi connectivity index (χ3v) is 5.63. The molecule has 0 aliphatic heterocycles. The van der Waals surface area contributed by atoms with Crippen LogP contribution >= 0.6 is 0 Å². The van der Waals surface area contributed by atoms with Crippen molar-refractivity contribution in [1.29, 1.82) is 0 Å². The molecule has 8 nitrogen and oxygen atoms in total. The number of carbonyl (C=O) groups excluding carboxylic acids is 1. The van der Waals surface area contributed by atoms with Gasteiger partial charge in [-0.1, -0.05) is 36.4 Å². The molecule has 0 spiro atoms. The Balaban J connectivity index is 1.78. The zero-order chi connectivity index (χ0) is 25.2. The van der Waals surface area contributed by atoms with Crippen molar-refractivity contribution in [2.75, 3.05) is 26.1 Å². The number of carboxylic acids is 1. The Kier molecular flexibility index (Phi) is 9.23. The highest BCUT2D eigenvalue weighted by Gasteiger charge is 2.17. The summed E-state index contributed by atoms with van der Waals surface area (Å²) >= 11 is 0. The van der Waals surface area contributed by atoms with E-state index in [1.807, 2.05) is 48.5 Å². The molecule has 1 amide bonds. The van der Waals surface area contributed by atoms with Crippen LogP contribution in [0.5, 0.6) is 11.5 Å². The number of methoxy groups -OCH3 is 2. The molecule has 0 aliphatic carbocycles. The predicted octanol–water partition coefficient (Wildman–Crippen LogP) is 3.76. The highest BCUT2D eigenvalue weighted by Crippen LogP contribution is 2.22. The summed E-state index contributed by atoms with van der Waals surface area (Å²) in [6, 6.07) is 21.3. The topological polar surface area (TPSA) is 114 Å². The van der Waals surface area contributed by atoms with Gasteiger partial charge in [0, 0.05) is 30.9 Å². The highest BCUT2D eigenvalue weighted by atomic mass is 16.5. The third-order valence-electron chi connectivity index (χ3n) is 5.63. The SMILES string of the molecule is COc1ccc(CN(CC[C@H](N)C(=O)O)Cc2ccccc2NC(=O)c2cccc(OC)c2)cc1. The lowest BCUT2D eigenvalue weighted by Crippen LogP contribution is -2.35. The molecule has 0 saturated carbocycles. The average Bonchev–Trinajstić information content (AvgIpc) is 2.88. The number of nitrogens with zero attached hydrogens (tertiary/aromatic N) is 1. The van der Waals surface area contributed by atoms with Crippen molar-refractivity contribution in [1.82, 2.24) is 4.90 Å². The third kappa shape index (κ3) is 7.56. The summed E-state index contributed by atoms with van der Waals surface area (Å²) in [6.45, 7) is 1.54. The molecule has 0 heterocycles. The number of nitrogens with one attached hydrogen (secondary N) is 1. The fraction of sp³-hybridized carbons (Fsp3) is 0.259. The van der Waals surface area contributed by atoms with Gasteiger partial charge >= 0.3 is 5.97 Å². The Morgan fingerprint density at radius 1 is 0.943 bits per heavy atom. The second-order valence-electron chi connectivity index (χ2n) is 8.14. The van der Waals surface area contributed by atoms with Crippen molar-refractivity contribution < 1.29 is 24.2 Å². The number of hydrogen-bond acceptors (Lipinski definition) is 6. The Bertz CT molecular complexity index is 1130. The van der Waals surface area contributed by atoms with Gasteiger partial charge in [0.15, 0.2) is 0 Å². The molecule has 3 aromatic rings. The van der Waals surface area contributed by atoms with Gasteiger partial charge < -0.3 is 25.6 Å². The maximum atomic E-state index is 12.9. The molecule has 0 radical (unpaired) electrons. The Labute approximate surface area is 205 Å². The number of carbonyl (C=O) groups is 2. The molecule has 0 bridgehead atoms. The number of hydrogen-bond donors (Lipinski definition) is 3. The van der Waals surface area contributed by atoms with Gasteiger partial charge in [0.05, 0.1) is 14.2 Å². The highest BCUT2D eigenvalue weighted by molar-refractivity contribution is 6.04. The van der Waals surface area contributed by atoms with Gasteiger partial charge in [-0.25, -0.2) is 0 Å². The van der Waals surface area contributed by atoms with E-state index in [9.17, 15) is 14.7 Å². The molecular formula is C27H31N3O5. The second kappa shape index (κ2) is 12.5. The quantitative estimate of drug-likeness (QED) is 0.364. The summed E-state index contributed by atoms with van der Waals surface area (Å²) in [4.78, 5) is 26.2. The van der Waals surface area contributed by atoms with Crippen molar-refractivity contribution in [2.45, 2.75) is 25.6 Å². The summed E-state index contributed by atoms with van der Waals surface area (Å²) in [6.07, 6.45) is 0.295. The van der Waals surface area contributed by atoms with Crippen LogP contribution in [0.3, 0.4) is 0 Å². The number of amides is 1. The van der Waals surface area contributed by atoms with Crippen molar-refractivity contribution >= 4 is 17.6 Å². The largest absolute Gasteiger partial charge is 0.497 e. The van der Waals surface area contributed by atoms with Crippen LogP contribution in [0.15, 0.2) is 72.8 Å². The molecule has 3 aromatic carbocycles. The van der Waals surface area contributed by atoms with E-state index in [1.165, 1.54) is 0 Å². The number of ether oxygens (including phenoxy) is 2. The Hall–Kier alpha value is -3.88. The molecular weight excluding hydrogens is 446 g/mol. The van der Waals surface area contributed by atoms with Gasteiger partial charge in [-0.05, 0) is 53.9 Å². The van der Waals surface area contributed by atoms with Crippen LogP contribution < -0.4 is 20.5 Å². The van der Waals surface area contributed by atoms with Gasteiger partial charge in [-0.15, -0.1) is 0 Å². The summed E-state index contributed by atoms with van der Waals surface area (Å²) in [5, 5.41) is 12.2. The van der Waals surface area contributed by atoms with Crippen molar-refractivity contribution in [3.63, 3.8) is 0 Å². The first-order valence-corrected chi connectivity index (χ1v) is 11.3. The standard InChI is InChI=1S/C27H31N3O5/c1-34-22-12-10-19(11-13-22)17-30(15-14-24(28)27(32)33)18-21-6-3-4-9-25(21)29-26(31)20-7-5-8-23(16-20)35-2/h3-13,16,24H,14-15,17-18,28H2,1-2H3,(H,29,31)(H,32,33)/t24-/m0/s1. The molecule has 184 valence electrons. The number of aliphatic carboxylic acids is 1. The minimum Gasteiger partial charge on any atom is -0.497 e. The molecule has 1 atom stereocenters. The maximum absolute atomic E-state index is 12.9. The normalized spacial score (nSPS) is 11.7. The van der Waals surface area contributed by atoms with E-state index in [4.69, 9.17) is 15.2 Å². The van der Waals surface area contributed by atoms with Crippen LogP contribution in [0.2, 0.25) is 0 Å². The molecule has 0 fully saturated rings. The summed E-state index contributed by atoms with van der Waals surface area (Å²) in [5.74, 6) is 0.0940. The molecule has 3 rings (SSSR count). The van der Waals surface area contributed by atoms with E-state index in [2.05, 4.69) is 10.2 Å². The van der Waals surface area contributed by atoms with Crippen LogP contribution in [0.1, 0.15) is 27.9 Å². The van der Waals surface area contributed by atoms with Crippen molar-refractivity contribution in [2.24, 2.45) is 5.73 Å². The molecule has 0 saturated heterocycles. The van der Waals surface area contributed by atoms with E-state index in [0.717, 1.165) is 16.9 Å². The zero-order valence-electron chi connectivity index (χ0n) is 19.9. The van der Waals surface area contributed by atoms with Crippen molar-refractivity contribution in [3.8, 4) is 11.5 Å². The van der Waals surface area contributed by atoms with Crippen LogP contribution in [-0.2, 0) is 17.9 Å². The smallest absolute Gasteiger partial charge is 0.320 e. The van der Waals surface area contributed by atoms with Crippen molar-refractivity contribution in [3.05, 3.63) is 89.5 Å². The fourth-order valence-corrected chi connectivity index (χ4v) is 3.63. The van der Waals surface area contributed by atoms with Crippen LogP contribution in [0.4, 0.5) is 5.69 Å². The lowest BCUT2D eigenvalue weighted by molar-refractivity contribution is -0.138. The number of rotatable bonds is 12. The Morgan fingerprint density at radius 3 is 2.34 bits per heavy atom. The number of anilines is 1. The minimum atomic E-state index is -1.03. The van der Waals surface area contributed by atoms with E-state index in [-0.39, 0.29) is 5.91 Å². The first-order valence-electron chi connectivity index (χ1n) is 11.3. The van der Waals surface area contributed by atoms with Crippen LogP contribution in [0.25, 0.3) is 0 Å². The fourth-order valence-electron chi connectivity index (χ4n) is 3.63. The first-order chi connectivity index (χ1) is 16.9. The second-order valence-corrected chi connectivity index (χ2v) is 8.14. The minimum absolute atomic E-state index is 0.244. The first kappa shape index (κ1) is 25.7. The monoisotopic (exact) mass is 477 g/mol.